The number of nitrogens with one attached hydrogen (secondary N) is 1. The van der Waals surface area contributed by atoms with Gasteiger partial charge in [0.25, 0.3) is 0 Å². The molecule has 1 aliphatic rings. The highest BCUT2D eigenvalue weighted by Gasteiger charge is 2.13. The summed E-state index contributed by atoms with van der Waals surface area (Å²) in [7, 11) is 0. The van der Waals surface area contributed by atoms with Gasteiger partial charge in [-0.3, -0.25) is 4.79 Å². The minimum atomic E-state index is 0.191. The van der Waals surface area contributed by atoms with Gasteiger partial charge in [0.15, 0.2) is 0 Å². The largest absolute Gasteiger partial charge is 0.356 e. The lowest BCUT2D eigenvalue weighted by molar-refractivity contribution is -0.121. The molecule has 16 heavy (non-hydrogen) atoms. The van der Waals surface area contributed by atoms with Crippen LogP contribution in [0, 0.1) is 5.92 Å². The number of alkyl halides is 1. The minimum Gasteiger partial charge on any atom is -0.356 e. The molecule has 1 N–H and O–H groups in total. The second-order valence-electron chi connectivity index (χ2n) is 4.79. The van der Waals surface area contributed by atoms with E-state index in [0.29, 0.717) is 12.3 Å². The molecule has 0 aromatic heterocycles. The van der Waals surface area contributed by atoms with E-state index in [-0.39, 0.29) is 5.91 Å². The van der Waals surface area contributed by atoms with Gasteiger partial charge in [-0.15, -0.1) is 11.6 Å². The molecule has 2 nitrogen and oxygen atoms in total. The van der Waals surface area contributed by atoms with Gasteiger partial charge in [-0.2, -0.15) is 0 Å². The van der Waals surface area contributed by atoms with Crippen LogP contribution in [0.3, 0.4) is 0 Å². The third-order valence-corrected chi connectivity index (χ3v) is 3.64. The fourth-order valence-corrected chi connectivity index (χ4v) is 2.58. The Morgan fingerprint density at radius 2 is 1.94 bits per heavy atom. The monoisotopic (exact) mass is 245 g/mol. The average Bonchev–Trinajstić information content (AvgIpc) is 2.78. The van der Waals surface area contributed by atoms with Crippen molar-refractivity contribution in [1.29, 1.82) is 0 Å². The quantitative estimate of drug-likeness (QED) is 0.515. The summed E-state index contributed by atoms with van der Waals surface area (Å²) in [4.78, 5) is 11.4. The van der Waals surface area contributed by atoms with Crippen LogP contribution in [0.15, 0.2) is 0 Å². The Morgan fingerprint density at radius 3 is 2.62 bits per heavy atom. The first-order valence-corrected chi connectivity index (χ1v) is 7.19. The molecule has 0 aromatic carbocycles. The van der Waals surface area contributed by atoms with Crippen LogP contribution in [0.1, 0.15) is 57.8 Å². The van der Waals surface area contributed by atoms with Gasteiger partial charge in [0.2, 0.25) is 5.91 Å². The van der Waals surface area contributed by atoms with E-state index in [0.717, 1.165) is 31.7 Å². The van der Waals surface area contributed by atoms with E-state index >= 15 is 0 Å². The molecule has 0 heterocycles. The lowest BCUT2D eigenvalue weighted by Crippen LogP contribution is -2.24. The standard InChI is InChI=1S/C13H24ClNO/c14-10-4-3-9-13(16)15-11-5-8-12-6-1-2-7-12/h12H,1-11H2,(H,15,16). The predicted octanol–water partition coefficient (Wildman–Crippen LogP) is 3.48. The first-order valence-electron chi connectivity index (χ1n) is 6.65. The molecule has 1 rings (SSSR count). The first kappa shape index (κ1) is 13.8. The van der Waals surface area contributed by atoms with E-state index in [1.165, 1.54) is 32.1 Å². The van der Waals surface area contributed by atoms with E-state index in [1.54, 1.807) is 0 Å². The molecule has 0 saturated heterocycles. The molecule has 0 bridgehead atoms. The van der Waals surface area contributed by atoms with Gasteiger partial charge >= 0.3 is 0 Å². The maximum atomic E-state index is 11.4. The predicted molar refractivity (Wildman–Crippen MR) is 68.8 cm³/mol. The molecular weight excluding hydrogens is 222 g/mol. The lowest BCUT2D eigenvalue weighted by Gasteiger charge is -2.09. The molecule has 94 valence electrons. The Kier molecular flexibility index (Phi) is 7.65. The summed E-state index contributed by atoms with van der Waals surface area (Å²) in [6.07, 6.45) is 10.6. The number of hydrogen-bond acceptors (Lipinski definition) is 1. The summed E-state index contributed by atoms with van der Waals surface area (Å²) >= 11 is 5.55. The molecule has 0 unspecified atom stereocenters. The molecule has 0 aromatic rings. The van der Waals surface area contributed by atoms with Gasteiger partial charge in [-0.25, -0.2) is 0 Å². The molecule has 3 heteroatoms. The van der Waals surface area contributed by atoms with Gasteiger partial charge in [-0.05, 0) is 31.6 Å². The number of carbonyl (C=O) groups is 1. The van der Waals surface area contributed by atoms with Gasteiger partial charge in [0, 0.05) is 18.8 Å². The molecule has 1 amide bonds. The average molecular weight is 246 g/mol. The molecule has 1 fully saturated rings. The minimum absolute atomic E-state index is 0.191. The van der Waals surface area contributed by atoms with Crippen molar-refractivity contribution in [2.24, 2.45) is 5.92 Å². The van der Waals surface area contributed by atoms with Gasteiger partial charge in [0.05, 0.1) is 0 Å². The van der Waals surface area contributed by atoms with Crippen molar-refractivity contribution >= 4 is 17.5 Å². The Balaban J connectivity index is 1.87. The Hall–Kier alpha value is -0.240. The Morgan fingerprint density at radius 1 is 1.19 bits per heavy atom. The number of carbonyl (C=O) groups excluding carboxylic acids is 1. The molecule has 1 aliphatic carbocycles. The van der Waals surface area contributed by atoms with Crippen molar-refractivity contribution < 1.29 is 4.79 Å². The van der Waals surface area contributed by atoms with Crippen LogP contribution < -0.4 is 5.32 Å². The van der Waals surface area contributed by atoms with E-state index in [4.69, 9.17) is 11.6 Å². The van der Waals surface area contributed by atoms with Crippen molar-refractivity contribution in [2.75, 3.05) is 12.4 Å². The smallest absolute Gasteiger partial charge is 0.219 e. The second-order valence-corrected chi connectivity index (χ2v) is 5.17. The van der Waals surface area contributed by atoms with E-state index in [2.05, 4.69) is 5.32 Å². The topological polar surface area (TPSA) is 29.1 Å². The molecular formula is C13H24ClNO. The molecule has 0 atom stereocenters. The number of unbranched alkanes of at least 4 members (excludes halogenated alkanes) is 1. The highest BCUT2D eigenvalue weighted by Crippen LogP contribution is 2.28. The zero-order valence-corrected chi connectivity index (χ0v) is 10.9. The number of amides is 1. The van der Waals surface area contributed by atoms with Crippen LogP contribution in [0.25, 0.3) is 0 Å². The SMILES string of the molecule is O=C(CCCCCl)NCCCC1CCCC1. The second kappa shape index (κ2) is 8.86. The summed E-state index contributed by atoms with van der Waals surface area (Å²) in [6, 6.07) is 0. The summed E-state index contributed by atoms with van der Waals surface area (Å²) in [5, 5.41) is 2.98. The number of hydrogen-bond donors (Lipinski definition) is 1. The van der Waals surface area contributed by atoms with Crippen molar-refractivity contribution in [3.05, 3.63) is 0 Å². The molecule has 0 radical (unpaired) electrons. The third-order valence-electron chi connectivity index (χ3n) is 3.37. The maximum absolute atomic E-state index is 11.4. The van der Waals surface area contributed by atoms with Crippen LogP contribution in [0.2, 0.25) is 0 Å². The zero-order chi connectivity index (χ0) is 11.6. The highest BCUT2D eigenvalue weighted by atomic mass is 35.5. The summed E-state index contributed by atoms with van der Waals surface area (Å²) in [5.74, 6) is 1.79. The van der Waals surface area contributed by atoms with Crippen LogP contribution in [-0.4, -0.2) is 18.3 Å². The van der Waals surface area contributed by atoms with Crippen LogP contribution in [0.4, 0.5) is 0 Å². The molecule has 1 saturated carbocycles. The Labute approximate surface area is 104 Å². The maximum Gasteiger partial charge on any atom is 0.219 e. The third kappa shape index (κ3) is 6.37. The van der Waals surface area contributed by atoms with Crippen molar-refractivity contribution in [3.63, 3.8) is 0 Å². The van der Waals surface area contributed by atoms with Crippen molar-refractivity contribution in [2.45, 2.75) is 57.8 Å². The van der Waals surface area contributed by atoms with Crippen LogP contribution in [-0.2, 0) is 4.79 Å². The molecule has 0 aliphatic heterocycles. The van der Waals surface area contributed by atoms with Crippen molar-refractivity contribution in [3.8, 4) is 0 Å². The number of halogens is 1. The summed E-state index contributed by atoms with van der Waals surface area (Å²) < 4.78 is 0. The van der Waals surface area contributed by atoms with Crippen LogP contribution in [0.5, 0.6) is 0 Å². The van der Waals surface area contributed by atoms with Crippen LogP contribution >= 0.6 is 11.6 Å². The van der Waals surface area contributed by atoms with E-state index in [9.17, 15) is 4.79 Å². The fourth-order valence-electron chi connectivity index (χ4n) is 2.39. The highest BCUT2D eigenvalue weighted by molar-refractivity contribution is 6.17. The fraction of sp³-hybridized carbons (Fsp3) is 0.923. The van der Waals surface area contributed by atoms with E-state index in [1.807, 2.05) is 0 Å². The Bertz CT molecular complexity index is 190. The lowest BCUT2D eigenvalue weighted by atomic mass is 10.0. The first-order chi connectivity index (χ1) is 7.83. The summed E-state index contributed by atoms with van der Waals surface area (Å²) in [6.45, 7) is 0.857. The van der Waals surface area contributed by atoms with E-state index < -0.39 is 0 Å². The van der Waals surface area contributed by atoms with Gasteiger partial charge in [-0.1, -0.05) is 25.7 Å². The normalized spacial score (nSPS) is 16.6. The van der Waals surface area contributed by atoms with Gasteiger partial charge in [0.1, 0.15) is 0 Å². The van der Waals surface area contributed by atoms with Crippen molar-refractivity contribution in [1.82, 2.24) is 5.32 Å². The van der Waals surface area contributed by atoms with Gasteiger partial charge < -0.3 is 5.32 Å². The number of rotatable bonds is 8. The molecule has 0 spiro atoms. The summed E-state index contributed by atoms with van der Waals surface area (Å²) in [5.41, 5.74) is 0. The zero-order valence-electron chi connectivity index (χ0n) is 10.1.